The molecule has 0 aliphatic carbocycles. The normalized spacial score (nSPS) is 10.3. The maximum Gasteiger partial charge on any atom is 0.343 e. The van der Waals surface area contributed by atoms with Gasteiger partial charge in [0.2, 0.25) is 0 Å². The van der Waals surface area contributed by atoms with Gasteiger partial charge in [-0.15, -0.1) is 11.3 Å². The van der Waals surface area contributed by atoms with Crippen molar-refractivity contribution < 1.29 is 14.3 Å². The maximum absolute atomic E-state index is 12.1. The van der Waals surface area contributed by atoms with Crippen molar-refractivity contribution in [3.8, 4) is 5.75 Å². The lowest BCUT2D eigenvalue weighted by atomic mass is 10.2. The van der Waals surface area contributed by atoms with Gasteiger partial charge in [-0.25, -0.2) is 4.79 Å². The molecule has 5 heteroatoms. The SMILES string of the molecule is CCC(=O)c1sc(C)c(Br)c1OC(=O)c1ccccc1. The lowest BCUT2D eigenvalue weighted by Gasteiger charge is -2.05. The van der Waals surface area contributed by atoms with Gasteiger partial charge in [0, 0.05) is 11.3 Å². The molecule has 20 heavy (non-hydrogen) atoms. The minimum absolute atomic E-state index is 0.0281. The van der Waals surface area contributed by atoms with Crippen molar-refractivity contribution in [3.05, 3.63) is 50.1 Å². The highest BCUT2D eigenvalue weighted by Gasteiger charge is 2.22. The van der Waals surface area contributed by atoms with Crippen molar-refractivity contribution in [1.29, 1.82) is 0 Å². The average Bonchev–Trinajstić information content (AvgIpc) is 2.75. The summed E-state index contributed by atoms with van der Waals surface area (Å²) in [6.07, 6.45) is 0.377. The number of ketones is 1. The summed E-state index contributed by atoms with van der Waals surface area (Å²) in [5.41, 5.74) is 0.457. The van der Waals surface area contributed by atoms with Crippen LogP contribution >= 0.6 is 27.3 Å². The number of carbonyl (C=O) groups excluding carboxylic acids is 2. The molecular formula is C15H13BrO3S. The number of Topliss-reactive ketones (excluding diaryl/α,β-unsaturated/α-hetero) is 1. The number of benzene rings is 1. The summed E-state index contributed by atoms with van der Waals surface area (Å²) < 4.78 is 6.08. The van der Waals surface area contributed by atoms with E-state index in [9.17, 15) is 9.59 Å². The van der Waals surface area contributed by atoms with Crippen LogP contribution in [0.4, 0.5) is 0 Å². The zero-order valence-electron chi connectivity index (χ0n) is 11.1. The lowest BCUT2D eigenvalue weighted by molar-refractivity contribution is 0.0732. The van der Waals surface area contributed by atoms with E-state index in [1.54, 1.807) is 31.2 Å². The molecule has 1 heterocycles. The van der Waals surface area contributed by atoms with Gasteiger partial charge in [0.05, 0.1) is 10.0 Å². The topological polar surface area (TPSA) is 43.4 Å². The monoisotopic (exact) mass is 352 g/mol. The van der Waals surface area contributed by atoms with Crippen LogP contribution in [0.2, 0.25) is 0 Å². The second-order valence-electron chi connectivity index (χ2n) is 4.16. The summed E-state index contributed by atoms with van der Waals surface area (Å²) >= 11 is 4.72. The Balaban J connectivity index is 2.34. The first-order valence-corrected chi connectivity index (χ1v) is 7.74. The van der Waals surface area contributed by atoms with E-state index in [1.807, 2.05) is 13.0 Å². The summed E-state index contributed by atoms with van der Waals surface area (Å²) in [6, 6.07) is 8.71. The third-order valence-corrected chi connectivity index (χ3v) is 5.09. The molecule has 0 spiro atoms. The van der Waals surface area contributed by atoms with Gasteiger partial charge in [-0.3, -0.25) is 4.79 Å². The van der Waals surface area contributed by atoms with E-state index in [0.29, 0.717) is 27.1 Å². The summed E-state index contributed by atoms with van der Waals surface area (Å²) in [4.78, 5) is 25.4. The molecule has 0 amide bonds. The molecule has 0 atom stereocenters. The Hall–Kier alpha value is -1.46. The van der Waals surface area contributed by atoms with Crippen LogP contribution in [-0.4, -0.2) is 11.8 Å². The number of aryl methyl sites for hydroxylation is 1. The van der Waals surface area contributed by atoms with Crippen LogP contribution in [-0.2, 0) is 0 Å². The minimum atomic E-state index is -0.464. The van der Waals surface area contributed by atoms with Crippen LogP contribution in [0.1, 0.15) is 38.3 Å². The Kier molecular flexibility index (Phi) is 4.73. The van der Waals surface area contributed by atoms with Crippen molar-refractivity contribution >= 4 is 39.0 Å². The van der Waals surface area contributed by atoms with Crippen LogP contribution in [0.25, 0.3) is 0 Å². The maximum atomic E-state index is 12.1. The number of thiophene rings is 1. The summed E-state index contributed by atoms with van der Waals surface area (Å²) in [5.74, 6) is -0.165. The van der Waals surface area contributed by atoms with E-state index in [-0.39, 0.29) is 5.78 Å². The second-order valence-corrected chi connectivity index (χ2v) is 6.18. The molecule has 0 fully saturated rings. The average molecular weight is 353 g/mol. The Bertz CT molecular complexity index is 647. The third-order valence-electron chi connectivity index (χ3n) is 2.75. The highest BCUT2D eigenvalue weighted by Crippen LogP contribution is 2.40. The zero-order chi connectivity index (χ0) is 14.7. The lowest BCUT2D eigenvalue weighted by Crippen LogP contribution is -2.10. The van der Waals surface area contributed by atoms with Gasteiger partial charge in [-0.05, 0) is 35.0 Å². The minimum Gasteiger partial charge on any atom is -0.420 e. The van der Waals surface area contributed by atoms with Gasteiger partial charge in [0.1, 0.15) is 4.88 Å². The fourth-order valence-corrected chi connectivity index (χ4v) is 3.30. The van der Waals surface area contributed by atoms with Crippen molar-refractivity contribution in [2.24, 2.45) is 0 Å². The first-order chi connectivity index (χ1) is 9.54. The van der Waals surface area contributed by atoms with E-state index >= 15 is 0 Å². The molecule has 104 valence electrons. The first kappa shape index (κ1) is 14.9. The number of ether oxygens (including phenoxy) is 1. The van der Waals surface area contributed by atoms with Gasteiger partial charge >= 0.3 is 5.97 Å². The predicted octanol–water partition coefficient (Wildman–Crippen LogP) is 4.63. The highest BCUT2D eigenvalue weighted by molar-refractivity contribution is 9.10. The van der Waals surface area contributed by atoms with E-state index in [4.69, 9.17) is 4.74 Å². The molecule has 0 aliphatic heterocycles. The molecule has 0 N–H and O–H groups in total. The molecule has 2 rings (SSSR count). The predicted molar refractivity (Wildman–Crippen MR) is 82.8 cm³/mol. The van der Waals surface area contributed by atoms with Crippen molar-refractivity contribution in [3.63, 3.8) is 0 Å². The standard InChI is InChI=1S/C15H13BrO3S/c1-3-11(17)14-13(12(16)9(2)20-14)19-15(18)10-7-5-4-6-8-10/h4-8H,3H2,1-2H3. The first-order valence-electron chi connectivity index (χ1n) is 6.14. The van der Waals surface area contributed by atoms with Crippen molar-refractivity contribution in [2.75, 3.05) is 0 Å². The number of carbonyl (C=O) groups is 2. The molecule has 0 unspecified atom stereocenters. The number of hydrogen-bond donors (Lipinski definition) is 0. The number of esters is 1. The largest absolute Gasteiger partial charge is 0.420 e. The quantitative estimate of drug-likeness (QED) is 0.595. The zero-order valence-corrected chi connectivity index (χ0v) is 13.5. The molecule has 1 aromatic heterocycles. The Labute approximate surface area is 129 Å². The molecule has 0 radical (unpaired) electrons. The van der Waals surface area contributed by atoms with E-state index in [1.165, 1.54) is 11.3 Å². The summed E-state index contributed by atoms with van der Waals surface area (Å²) in [7, 11) is 0. The van der Waals surface area contributed by atoms with Crippen LogP contribution in [0, 0.1) is 6.92 Å². The fraction of sp³-hybridized carbons (Fsp3) is 0.200. The molecule has 0 aliphatic rings. The molecule has 3 nitrogen and oxygen atoms in total. The fourth-order valence-electron chi connectivity index (χ4n) is 1.66. The molecule has 0 saturated heterocycles. The molecule has 0 saturated carbocycles. The molecule has 1 aromatic carbocycles. The molecular weight excluding hydrogens is 340 g/mol. The van der Waals surface area contributed by atoms with Crippen molar-refractivity contribution in [1.82, 2.24) is 0 Å². The van der Waals surface area contributed by atoms with E-state index in [0.717, 1.165) is 4.88 Å². The van der Waals surface area contributed by atoms with Crippen LogP contribution < -0.4 is 4.74 Å². The second kappa shape index (κ2) is 6.33. The van der Waals surface area contributed by atoms with Crippen LogP contribution in [0.3, 0.4) is 0 Å². The number of hydrogen-bond acceptors (Lipinski definition) is 4. The molecule has 2 aromatic rings. The Morgan fingerprint density at radius 3 is 2.50 bits per heavy atom. The Morgan fingerprint density at radius 1 is 1.25 bits per heavy atom. The van der Waals surface area contributed by atoms with Gasteiger partial charge in [0.15, 0.2) is 11.5 Å². The van der Waals surface area contributed by atoms with Gasteiger partial charge in [0.25, 0.3) is 0 Å². The summed E-state index contributed by atoms with van der Waals surface area (Å²) in [6.45, 7) is 3.66. The van der Waals surface area contributed by atoms with Gasteiger partial charge in [-0.2, -0.15) is 0 Å². The van der Waals surface area contributed by atoms with E-state index in [2.05, 4.69) is 15.9 Å². The van der Waals surface area contributed by atoms with E-state index < -0.39 is 5.97 Å². The third kappa shape index (κ3) is 2.99. The highest BCUT2D eigenvalue weighted by atomic mass is 79.9. The summed E-state index contributed by atoms with van der Waals surface area (Å²) in [5, 5.41) is 0. The Morgan fingerprint density at radius 2 is 1.90 bits per heavy atom. The number of halogens is 1. The molecule has 0 bridgehead atoms. The van der Waals surface area contributed by atoms with Gasteiger partial charge in [-0.1, -0.05) is 25.1 Å². The van der Waals surface area contributed by atoms with Gasteiger partial charge < -0.3 is 4.74 Å². The smallest absolute Gasteiger partial charge is 0.343 e. The van der Waals surface area contributed by atoms with Crippen molar-refractivity contribution in [2.45, 2.75) is 20.3 Å². The van der Waals surface area contributed by atoms with Crippen LogP contribution in [0.15, 0.2) is 34.8 Å². The number of rotatable bonds is 4. The van der Waals surface area contributed by atoms with Crippen LogP contribution in [0.5, 0.6) is 5.75 Å².